The number of hydrogen-bond acceptors (Lipinski definition) is 4. The van der Waals surface area contributed by atoms with Crippen LogP contribution in [0.15, 0.2) is 42.5 Å². The number of nitrogens with zero attached hydrogens (tertiary/aromatic N) is 2. The molecule has 1 aliphatic heterocycles. The summed E-state index contributed by atoms with van der Waals surface area (Å²) in [6.45, 7) is 7.90. The molecule has 1 aliphatic rings. The average molecular weight is 425 g/mol. The Morgan fingerprint density at radius 2 is 1.74 bits per heavy atom. The second-order valence-electron chi connectivity index (χ2n) is 8.55. The SMILES string of the molecule is COc1cc(OC)cc(C(=O)N(CCCN2CCCCC2C)Cc2ccc(C)cc2)c1. The van der Waals surface area contributed by atoms with E-state index in [1.165, 1.54) is 31.4 Å². The van der Waals surface area contributed by atoms with Crippen LogP contribution in [-0.4, -0.2) is 55.6 Å². The van der Waals surface area contributed by atoms with Crippen molar-refractivity contribution in [2.75, 3.05) is 33.9 Å². The molecule has 168 valence electrons. The molecule has 1 amide bonds. The lowest BCUT2D eigenvalue weighted by Gasteiger charge is -2.34. The van der Waals surface area contributed by atoms with E-state index in [0.717, 1.165) is 25.1 Å². The van der Waals surface area contributed by atoms with Crippen molar-refractivity contribution in [2.45, 2.75) is 52.1 Å². The molecular formula is C26H36N2O3. The van der Waals surface area contributed by atoms with E-state index in [4.69, 9.17) is 9.47 Å². The normalized spacial score (nSPS) is 16.7. The Kier molecular flexibility index (Phi) is 8.35. The number of amides is 1. The van der Waals surface area contributed by atoms with Crippen molar-refractivity contribution >= 4 is 5.91 Å². The highest BCUT2D eigenvalue weighted by molar-refractivity contribution is 5.95. The first kappa shape index (κ1) is 23.1. The van der Waals surface area contributed by atoms with E-state index in [0.29, 0.717) is 29.6 Å². The monoisotopic (exact) mass is 424 g/mol. The van der Waals surface area contributed by atoms with Crippen LogP contribution in [0.4, 0.5) is 0 Å². The van der Waals surface area contributed by atoms with Gasteiger partial charge in [-0.25, -0.2) is 0 Å². The summed E-state index contributed by atoms with van der Waals surface area (Å²) in [4.78, 5) is 18.0. The lowest BCUT2D eigenvalue weighted by Crippen LogP contribution is -2.40. The van der Waals surface area contributed by atoms with Gasteiger partial charge >= 0.3 is 0 Å². The Morgan fingerprint density at radius 1 is 1.06 bits per heavy atom. The molecule has 31 heavy (non-hydrogen) atoms. The zero-order valence-corrected chi connectivity index (χ0v) is 19.4. The first-order chi connectivity index (χ1) is 15.0. The number of ether oxygens (including phenoxy) is 2. The van der Waals surface area contributed by atoms with Crippen LogP contribution < -0.4 is 9.47 Å². The summed E-state index contributed by atoms with van der Waals surface area (Å²) >= 11 is 0. The summed E-state index contributed by atoms with van der Waals surface area (Å²) in [6, 6.07) is 14.4. The van der Waals surface area contributed by atoms with Crippen molar-refractivity contribution in [1.29, 1.82) is 0 Å². The molecule has 0 bridgehead atoms. The number of aryl methyl sites for hydroxylation is 1. The van der Waals surface area contributed by atoms with Crippen LogP contribution in [0.3, 0.4) is 0 Å². The number of carbonyl (C=O) groups is 1. The molecule has 1 heterocycles. The molecule has 1 unspecified atom stereocenters. The zero-order valence-electron chi connectivity index (χ0n) is 19.4. The number of benzene rings is 2. The number of carbonyl (C=O) groups excluding carboxylic acids is 1. The van der Waals surface area contributed by atoms with Crippen molar-refractivity contribution < 1.29 is 14.3 Å². The van der Waals surface area contributed by atoms with Crippen LogP contribution >= 0.6 is 0 Å². The van der Waals surface area contributed by atoms with Gasteiger partial charge in [0, 0.05) is 37.3 Å². The molecule has 2 aromatic rings. The van der Waals surface area contributed by atoms with E-state index in [9.17, 15) is 4.79 Å². The van der Waals surface area contributed by atoms with E-state index < -0.39 is 0 Å². The summed E-state index contributed by atoms with van der Waals surface area (Å²) in [7, 11) is 3.21. The molecule has 1 fully saturated rings. The Balaban J connectivity index is 1.75. The summed E-state index contributed by atoms with van der Waals surface area (Å²) in [5.74, 6) is 1.25. The second-order valence-corrected chi connectivity index (χ2v) is 8.55. The number of piperidine rings is 1. The molecule has 0 spiro atoms. The van der Waals surface area contributed by atoms with Gasteiger partial charge in [-0.3, -0.25) is 4.79 Å². The minimum Gasteiger partial charge on any atom is -0.497 e. The van der Waals surface area contributed by atoms with Crippen molar-refractivity contribution in [3.05, 3.63) is 59.2 Å². The van der Waals surface area contributed by atoms with Gasteiger partial charge in [0.25, 0.3) is 5.91 Å². The highest BCUT2D eigenvalue weighted by Gasteiger charge is 2.21. The van der Waals surface area contributed by atoms with Gasteiger partial charge in [-0.2, -0.15) is 0 Å². The van der Waals surface area contributed by atoms with Crippen molar-refractivity contribution in [3.63, 3.8) is 0 Å². The van der Waals surface area contributed by atoms with Crippen molar-refractivity contribution in [2.24, 2.45) is 0 Å². The largest absolute Gasteiger partial charge is 0.497 e. The van der Waals surface area contributed by atoms with Gasteiger partial charge in [0.1, 0.15) is 11.5 Å². The fraction of sp³-hybridized carbons (Fsp3) is 0.500. The molecule has 2 aromatic carbocycles. The zero-order chi connectivity index (χ0) is 22.2. The van der Waals surface area contributed by atoms with Crippen LogP contribution in [0.2, 0.25) is 0 Å². The predicted octanol–water partition coefficient (Wildman–Crippen LogP) is 4.92. The summed E-state index contributed by atoms with van der Waals surface area (Å²) in [5.41, 5.74) is 2.95. The maximum absolute atomic E-state index is 13.5. The third-order valence-corrected chi connectivity index (χ3v) is 6.19. The topological polar surface area (TPSA) is 42.0 Å². The van der Waals surface area contributed by atoms with Gasteiger partial charge < -0.3 is 19.3 Å². The fourth-order valence-corrected chi connectivity index (χ4v) is 4.23. The van der Waals surface area contributed by atoms with Crippen LogP contribution in [0.1, 0.15) is 54.1 Å². The predicted molar refractivity (Wildman–Crippen MR) is 125 cm³/mol. The molecule has 0 saturated carbocycles. The van der Waals surface area contributed by atoms with E-state index in [-0.39, 0.29) is 5.91 Å². The third-order valence-electron chi connectivity index (χ3n) is 6.19. The summed E-state index contributed by atoms with van der Waals surface area (Å²) in [5, 5.41) is 0. The first-order valence-corrected chi connectivity index (χ1v) is 11.3. The maximum atomic E-state index is 13.5. The molecule has 0 N–H and O–H groups in total. The molecule has 5 heteroatoms. The molecule has 1 saturated heterocycles. The Labute approximate surface area is 187 Å². The van der Waals surface area contributed by atoms with Crippen LogP contribution in [0.5, 0.6) is 11.5 Å². The van der Waals surface area contributed by atoms with E-state index in [1.54, 1.807) is 32.4 Å². The van der Waals surface area contributed by atoms with Gasteiger partial charge in [-0.05, 0) is 57.4 Å². The maximum Gasteiger partial charge on any atom is 0.254 e. The van der Waals surface area contributed by atoms with Gasteiger partial charge in [0.2, 0.25) is 0 Å². The number of methoxy groups -OCH3 is 2. The minimum atomic E-state index is 0.00414. The quantitative estimate of drug-likeness (QED) is 0.573. The van der Waals surface area contributed by atoms with E-state index in [2.05, 4.69) is 43.0 Å². The number of hydrogen-bond donors (Lipinski definition) is 0. The summed E-state index contributed by atoms with van der Waals surface area (Å²) in [6.07, 6.45) is 4.84. The van der Waals surface area contributed by atoms with Crippen molar-refractivity contribution in [1.82, 2.24) is 9.80 Å². The van der Waals surface area contributed by atoms with Crippen LogP contribution in [0, 0.1) is 6.92 Å². The third kappa shape index (κ3) is 6.47. The van der Waals surface area contributed by atoms with Gasteiger partial charge in [-0.15, -0.1) is 0 Å². The molecule has 3 rings (SSSR count). The van der Waals surface area contributed by atoms with E-state index in [1.807, 2.05) is 4.90 Å². The van der Waals surface area contributed by atoms with Crippen LogP contribution in [0.25, 0.3) is 0 Å². The Bertz CT molecular complexity index is 828. The number of rotatable bonds is 9. The number of likely N-dealkylation sites (tertiary alicyclic amines) is 1. The highest BCUT2D eigenvalue weighted by atomic mass is 16.5. The average Bonchev–Trinajstić information content (AvgIpc) is 2.80. The molecule has 0 aromatic heterocycles. The van der Waals surface area contributed by atoms with E-state index >= 15 is 0 Å². The molecule has 5 nitrogen and oxygen atoms in total. The first-order valence-electron chi connectivity index (χ1n) is 11.3. The standard InChI is InChI=1S/C26H36N2O3/c1-20-9-11-22(12-10-20)19-28(15-7-14-27-13-6-5-8-21(27)2)26(29)23-16-24(30-3)18-25(17-23)31-4/h9-12,16-18,21H,5-8,13-15,19H2,1-4H3. The van der Waals surface area contributed by atoms with Gasteiger partial charge in [0.05, 0.1) is 14.2 Å². The van der Waals surface area contributed by atoms with Gasteiger partial charge in [0.15, 0.2) is 0 Å². The minimum absolute atomic E-state index is 0.00414. The molecule has 0 aliphatic carbocycles. The highest BCUT2D eigenvalue weighted by Crippen LogP contribution is 2.24. The molecule has 0 radical (unpaired) electrons. The van der Waals surface area contributed by atoms with Gasteiger partial charge in [-0.1, -0.05) is 36.2 Å². The second kappa shape index (κ2) is 11.2. The Morgan fingerprint density at radius 3 is 2.35 bits per heavy atom. The molecular weight excluding hydrogens is 388 g/mol. The lowest BCUT2D eigenvalue weighted by atomic mass is 10.0. The van der Waals surface area contributed by atoms with Crippen molar-refractivity contribution in [3.8, 4) is 11.5 Å². The smallest absolute Gasteiger partial charge is 0.254 e. The lowest BCUT2D eigenvalue weighted by molar-refractivity contribution is 0.0725. The summed E-state index contributed by atoms with van der Waals surface area (Å²) < 4.78 is 10.7. The van der Waals surface area contributed by atoms with Crippen LogP contribution in [-0.2, 0) is 6.54 Å². The Hall–Kier alpha value is -2.53. The molecule has 1 atom stereocenters. The fourth-order valence-electron chi connectivity index (χ4n) is 4.23.